The second-order valence-corrected chi connectivity index (χ2v) is 5.26. The van der Waals surface area contributed by atoms with E-state index in [1.165, 1.54) is 6.33 Å². The number of aryl methyl sites for hydroxylation is 1. The van der Waals surface area contributed by atoms with E-state index < -0.39 is 0 Å². The quantitative estimate of drug-likeness (QED) is 0.618. The first kappa shape index (κ1) is 14.2. The van der Waals surface area contributed by atoms with Gasteiger partial charge in [-0.2, -0.15) is 5.10 Å². The summed E-state index contributed by atoms with van der Waals surface area (Å²) in [5, 5.41) is 8.41. The van der Waals surface area contributed by atoms with Crippen LogP contribution >= 0.6 is 0 Å². The highest BCUT2D eigenvalue weighted by Crippen LogP contribution is 2.32. The lowest BCUT2D eigenvalue weighted by Gasteiger charge is -2.12. The predicted molar refractivity (Wildman–Crippen MR) is 92.5 cm³/mol. The van der Waals surface area contributed by atoms with Crippen LogP contribution in [0.4, 0.5) is 11.5 Å². The molecule has 6 heteroatoms. The van der Waals surface area contributed by atoms with E-state index in [-0.39, 0.29) is 0 Å². The highest BCUT2D eigenvalue weighted by Gasteiger charge is 2.10. The molecule has 0 saturated heterocycles. The van der Waals surface area contributed by atoms with Crippen LogP contribution in [0.25, 0.3) is 11.0 Å². The van der Waals surface area contributed by atoms with Gasteiger partial charge in [-0.1, -0.05) is 30.3 Å². The third-order valence-electron chi connectivity index (χ3n) is 3.64. The number of nitrogens with zero attached hydrogens (tertiary/aromatic N) is 4. The molecule has 0 bridgehead atoms. The molecule has 0 aliphatic heterocycles. The number of nitrogens with one attached hydrogen (secondary N) is 1. The summed E-state index contributed by atoms with van der Waals surface area (Å²) in [6, 6.07) is 17.4. The zero-order chi connectivity index (χ0) is 16.4. The van der Waals surface area contributed by atoms with Gasteiger partial charge in [-0.15, -0.1) is 0 Å². The molecule has 0 aliphatic carbocycles. The summed E-state index contributed by atoms with van der Waals surface area (Å²) in [5.41, 5.74) is 1.60. The van der Waals surface area contributed by atoms with Crippen molar-refractivity contribution >= 4 is 22.5 Å². The van der Waals surface area contributed by atoms with E-state index in [0.717, 1.165) is 28.2 Å². The Hall–Kier alpha value is -3.41. The summed E-state index contributed by atoms with van der Waals surface area (Å²) in [7, 11) is 1.85. The van der Waals surface area contributed by atoms with E-state index in [9.17, 15) is 0 Å². The Labute approximate surface area is 138 Å². The number of anilines is 2. The molecule has 0 spiro atoms. The fourth-order valence-electron chi connectivity index (χ4n) is 2.46. The van der Waals surface area contributed by atoms with Crippen LogP contribution in [0.3, 0.4) is 0 Å². The molecule has 0 aliphatic rings. The average molecular weight is 317 g/mol. The molecule has 0 radical (unpaired) electrons. The van der Waals surface area contributed by atoms with Gasteiger partial charge >= 0.3 is 0 Å². The number of fused-ring (bicyclic) bond motifs is 1. The Morgan fingerprint density at radius 3 is 2.62 bits per heavy atom. The predicted octanol–water partition coefficient (Wildman–Crippen LogP) is 3.90. The molecular formula is C18H15N5O. The Bertz CT molecular complexity index is 981. The molecule has 1 N–H and O–H groups in total. The SMILES string of the molecule is Cn1ncc2c(Nc3ccccc3Oc3ccccc3)ncnc21. The number of para-hydroxylation sites is 3. The Morgan fingerprint density at radius 2 is 1.75 bits per heavy atom. The van der Waals surface area contributed by atoms with E-state index in [1.54, 1.807) is 10.9 Å². The molecule has 118 valence electrons. The van der Waals surface area contributed by atoms with E-state index >= 15 is 0 Å². The van der Waals surface area contributed by atoms with Gasteiger partial charge < -0.3 is 10.1 Å². The molecule has 0 amide bonds. The second-order valence-electron chi connectivity index (χ2n) is 5.26. The van der Waals surface area contributed by atoms with E-state index in [2.05, 4.69) is 20.4 Å². The molecule has 4 rings (SSSR count). The number of aromatic nitrogens is 4. The summed E-state index contributed by atoms with van der Waals surface area (Å²) >= 11 is 0. The van der Waals surface area contributed by atoms with Gasteiger partial charge in [0.2, 0.25) is 0 Å². The minimum absolute atomic E-state index is 0.692. The van der Waals surface area contributed by atoms with Gasteiger partial charge in [0, 0.05) is 7.05 Å². The van der Waals surface area contributed by atoms with Crippen molar-refractivity contribution in [1.29, 1.82) is 0 Å². The zero-order valence-corrected chi connectivity index (χ0v) is 13.0. The minimum Gasteiger partial charge on any atom is -0.455 e. The lowest BCUT2D eigenvalue weighted by atomic mass is 10.2. The molecule has 0 unspecified atom stereocenters. The third-order valence-corrected chi connectivity index (χ3v) is 3.64. The highest BCUT2D eigenvalue weighted by atomic mass is 16.5. The molecule has 2 aromatic heterocycles. The van der Waals surface area contributed by atoms with E-state index in [1.807, 2.05) is 61.6 Å². The van der Waals surface area contributed by atoms with Crippen molar-refractivity contribution in [3.8, 4) is 11.5 Å². The molecule has 2 aromatic carbocycles. The maximum atomic E-state index is 5.97. The van der Waals surface area contributed by atoms with Crippen LogP contribution in [0.15, 0.2) is 67.1 Å². The van der Waals surface area contributed by atoms with Crippen LogP contribution in [-0.2, 0) is 7.05 Å². The second kappa shape index (κ2) is 6.00. The number of hydrogen-bond donors (Lipinski definition) is 1. The minimum atomic E-state index is 0.692. The van der Waals surface area contributed by atoms with Crippen molar-refractivity contribution in [2.24, 2.45) is 7.05 Å². The first-order valence-corrected chi connectivity index (χ1v) is 7.53. The monoisotopic (exact) mass is 317 g/mol. The van der Waals surface area contributed by atoms with Crippen molar-refractivity contribution in [3.05, 3.63) is 67.1 Å². The number of benzene rings is 2. The van der Waals surface area contributed by atoms with Crippen molar-refractivity contribution in [2.75, 3.05) is 5.32 Å². The van der Waals surface area contributed by atoms with Gasteiger partial charge in [0.1, 0.15) is 17.9 Å². The topological polar surface area (TPSA) is 64.9 Å². The van der Waals surface area contributed by atoms with Crippen LogP contribution in [0.1, 0.15) is 0 Å². The molecule has 24 heavy (non-hydrogen) atoms. The molecule has 0 saturated carbocycles. The van der Waals surface area contributed by atoms with Crippen molar-refractivity contribution < 1.29 is 4.74 Å². The van der Waals surface area contributed by atoms with Gasteiger partial charge in [-0.05, 0) is 24.3 Å². The average Bonchev–Trinajstić information content (AvgIpc) is 3.00. The molecular weight excluding hydrogens is 302 g/mol. The van der Waals surface area contributed by atoms with Crippen molar-refractivity contribution in [3.63, 3.8) is 0 Å². The zero-order valence-electron chi connectivity index (χ0n) is 13.0. The summed E-state index contributed by atoms with van der Waals surface area (Å²) in [6.07, 6.45) is 3.27. The first-order valence-electron chi connectivity index (χ1n) is 7.53. The van der Waals surface area contributed by atoms with Crippen LogP contribution < -0.4 is 10.1 Å². The standard InChI is InChI=1S/C18H15N5O/c1-23-18-14(11-21-23)17(19-12-20-18)22-15-9-5-6-10-16(15)24-13-7-3-2-4-8-13/h2-12H,1H3,(H,19,20,22). The number of hydrogen-bond acceptors (Lipinski definition) is 5. The maximum absolute atomic E-state index is 5.97. The van der Waals surface area contributed by atoms with Crippen molar-refractivity contribution in [1.82, 2.24) is 19.7 Å². The summed E-state index contributed by atoms with van der Waals surface area (Å²) < 4.78 is 7.69. The Morgan fingerprint density at radius 1 is 0.958 bits per heavy atom. The van der Waals surface area contributed by atoms with E-state index in [0.29, 0.717) is 5.82 Å². The largest absolute Gasteiger partial charge is 0.455 e. The first-order chi connectivity index (χ1) is 11.8. The van der Waals surface area contributed by atoms with Crippen LogP contribution in [0.5, 0.6) is 11.5 Å². The van der Waals surface area contributed by atoms with E-state index in [4.69, 9.17) is 4.74 Å². The number of rotatable bonds is 4. The van der Waals surface area contributed by atoms with Gasteiger partial charge in [0.05, 0.1) is 17.3 Å². The summed E-state index contributed by atoms with van der Waals surface area (Å²) in [5.74, 6) is 2.19. The Balaban J connectivity index is 1.69. The smallest absolute Gasteiger partial charge is 0.163 e. The molecule has 4 aromatic rings. The molecule has 6 nitrogen and oxygen atoms in total. The Kier molecular flexibility index (Phi) is 3.55. The van der Waals surface area contributed by atoms with Crippen LogP contribution in [0, 0.1) is 0 Å². The third kappa shape index (κ3) is 2.65. The van der Waals surface area contributed by atoms with Crippen LogP contribution in [0.2, 0.25) is 0 Å². The van der Waals surface area contributed by atoms with Crippen molar-refractivity contribution in [2.45, 2.75) is 0 Å². The fourth-order valence-corrected chi connectivity index (χ4v) is 2.46. The summed E-state index contributed by atoms with van der Waals surface area (Å²) in [6.45, 7) is 0. The molecule has 2 heterocycles. The molecule has 0 atom stereocenters. The molecule has 0 fully saturated rings. The fraction of sp³-hybridized carbons (Fsp3) is 0.0556. The van der Waals surface area contributed by atoms with Gasteiger partial charge in [0.25, 0.3) is 0 Å². The van der Waals surface area contributed by atoms with Gasteiger partial charge in [0.15, 0.2) is 11.4 Å². The number of ether oxygens (including phenoxy) is 1. The van der Waals surface area contributed by atoms with Gasteiger partial charge in [-0.25, -0.2) is 9.97 Å². The lowest BCUT2D eigenvalue weighted by molar-refractivity contribution is 0.485. The van der Waals surface area contributed by atoms with Crippen LogP contribution in [-0.4, -0.2) is 19.7 Å². The maximum Gasteiger partial charge on any atom is 0.163 e. The van der Waals surface area contributed by atoms with Gasteiger partial charge in [-0.3, -0.25) is 4.68 Å². The highest BCUT2D eigenvalue weighted by molar-refractivity contribution is 5.88. The lowest BCUT2D eigenvalue weighted by Crippen LogP contribution is -1.98. The summed E-state index contributed by atoms with van der Waals surface area (Å²) in [4.78, 5) is 8.58. The normalized spacial score (nSPS) is 10.7.